The van der Waals surface area contributed by atoms with Gasteiger partial charge in [-0.25, -0.2) is 0 Å². The lowest BCUT2D eigenvalue weighted by Gasteiger charge is -2.20. The summed E-state index contributed by atoms with van der Waals surface area (Å²) in [5.41, 5.74) is 4.29. The highest BCUT2D eigenvalue weighted by molar-refractivity contribution is 5.63. The first-order valence-corrected chi connectivity index (χ1v) is 8.23. The van der Waals surface area contributed by atoms with Gasteiger partial charge >= 0.3 is 0 Å². The van der Waals surface area contributed by atoms with Crippen molar-refractivity contribution in [3.8, 4) is 11.1 Å². The van der Waals surface area contributed by atoms with Crippen molar-refractivity contribution >= 4 is 0 Å². The summed E-state index contributed by atoms with van der Waals surface area (Å²) >= 11 is 0. The molecule has 1 N–H and O–H groups in total. The minimum absolute atomic E-state index is 0.271. The van der Waals surface area contributed by atoms with Crippen molar-refractivity contribution in [2.24, 2.45) is 0 Å². The van der Waals surface area contributed by atoms with E-state index in [4.69, 9.17) is 4.74 Å². The van der Waals surface area contributed by atoms with Crippen LogP contribution in [0.3, 0.4) is 0 Å². The van der Waals surface area contributed by atoms with Crippen LogP contribution in [0, 0.1) is 0 Å². The molecule has 0 bridgehead atoms. The fourth-order valence-corrected chi connectivity index (χ4v) is 2.67. The van der Waals surface area contributed by atoms with Crippen molar-refractivity contribution in [1.29, 1.82) is 0 Å². The Balaban J connectivity index is 1.63. The van der Waals surface area contributed by atoms with E-state index in [9.17, 15) is 5.11 Å². The molecule has 2 heteroatoms. The van der Waals surface area contributed by atoms with Crippen molar-refractivity contribution in [3.05, 3.63) is 96.1 Å². The largest absolute Gasteiger partial charge is 0.386 e. The fraction of sp³-hybridized carbons (Fsp3) is 0.182. The van der Waals surface area contributed by atoms with E-state index in [0.29, 0.717) is 6.61 Å². The highest BCUT2D eigenvalue weighted by Crippen LogP contribution is 2.24. The summed E-state index contributed by atoms with van der Waals surface area (Å²) in [4.78, 5) is 0. The van der Waals surface area contributed by atoms with Crippen LogP contribution in [0.15, 0.2) is 84.9 Å². The second kappa shape index (κ2) is 7.91. The molecule has 0 fully saturated rings. The van der Waals surface area contributed by atoms with E-state index in [0.717, 1.165) is 16.7 Å². The molecule has 0 aliphatic rings. The molecule has 0 amide bonds. The van der Waals surface area contributed by atoms with Gasteiger partial charge in [-0.3, -0.25) is 0 Å². The average Bonchev–Trinajstić information content (AvgIpc) is 2.67. The van der Waals surface area contributed by atoms with Gasteiger partial charge in [-0.05, 0) is 29.2 Å². The highest BCUT2D eigenvalue weighted by Gasteiger charge is 2.17. The smallest absolute Gasteiger partial charge is 0.105 e. The molecule has 0 saturated carbocycles. The van der Waals surface area contributed by atoms with Crippen LogP contribution in [0.25, 0.3) is 11.1 Å². The van der Waals surface area contributed by atoms with Crippen LogP contribution < -0.4 is 0 Å². The Labute approximate surface area is 143 Å². The van der Waals surface area contributed by atoms with Gasteiger partial charge in [0.25, 0.3) is 0 Å². The molecule has 2 nitrogen and oxygen atoms in total. The summed E-state index contributed by atoms with van der Waals surface area (Å²) in [5.74, 6) is 0. The average molecular weight is 318 g/mol. The van der Waals surface area contributed by atoms with Crippen molar-refractivity contribution in [2.45, 2.75) is 25.7 Å². The van der Waals surface area contributed by atoms with E-state index in [-0.39, 0.29) is 6.10 Å². The quantitative estimate of drug-likeness (QED) is 0.693. The zero-order valence-electron chi connectivity index (χ0n) is 13.8. The molecule has 2 atom stereocenters. The Morgan fingerprint density at radius 3 is 1.92 bits per heavy atom. The van der Waals surface area contributed by atoms with E-state index in [1.54, 1.807) is 0 Å². The van der Waals surface area contributed by atoms with Gasteiger partial charge in [0, 0.05) is 0 Å². The maximum absolute atomic E-state index is 10.5. The van der Waals surface area contributed by atoms with Crippen LogP contribution >= 0.6 is 0 Å². The Hall–Kier alpha value is -2.42. The lowest BCUT2D eigenvalue weighted by atomic mass is 10.00. The third-order valence-corrected chi connectivity index (χ3v) is 4.16. The molecule has 122 valence electrons. The molecule has 0 aliphatic carbocycles. The van der Waals surface area contributed by atoms with Crippen LogP contribution in [-0.4, -0.2) is 11.2 Å². The van der Waals surface area contributed by atoms with E-state index in [1.807, 2.05) is 79.7 Å². The molecule has 0 heterocycles. The number of ether oxygens (including phenoxy) is 1. The van der Waals surface area contributed by atoms with Crippen LogP contribution in [0.2, 0.25) is 0 Å². The van der Waals surface area contributed by atoms with Gasteiger partial charge in [0.2, 0.25) is 0 Å². The molecule has 0 aromatic heterocycles. The zero-order chi connectivity index (χ0) is 16.8. The Kier molecular flexibility index (Phi) is 5.42. The number of aliphatic hydroxyl groups excluding tert-OH is 1. The van der Waals surface area contributed by atoms with Gasteiger partial charge in [-0.15, -0.1) is 0 Å². The van der Waals surface area contributed by atoms with Crippen molar-refractivity contribution < 1.29 is 9.84 Å². The first-order chi connectivity index (χ1) is 11.7. The van der Waals surface area contributed by atoms with E-state index < -0.39 is 6.10 Å². The van der Waals surface area contributed by atoms with Gasteiger partial charge in [-0.1, -0.05) is 84.9 Å². The van der Waals surface area contributed by atoms with Gasteiger partial charge in [0.15, 0.2) is 0 Å². The minimum Gasteiger partial charge on any atom is -0.386 e. The molecule has 0 saturated heterocycles. The van der Waals surface area contributed by atoms with Crippen LogP contribution in [0.1, 0.15) is 24.2 Å². The molecular formula is C22H22O2. The minimum atomic E-state index is -0.640. The first kappa shape index (κ1) is 16.4. The molecule has 3 aromatic rings. The second-order valence-electron chi connectivity index (χ2n) is 5.93. The topological polar surface area (TPSA) is 29.5 Å². The number of hydrogen-bond acceptors (Lipinski definition) is 2. The number of hydrogen-bond donors (Lipinski definition) is 1. The third kappa shape index (κ3) is 4.10. The van der Waals surface area contributed by atoms with E-state index in [1.165, 1.54) is 5.56 Å². The van der Waals surface area contributed by atoms with Crippen LogP contribution in [-0.2, 0) is 11.3 Å². The van der Waals surface area contributed by atoms with E-state index in [2.05, 4.69) is 12.1 Å². The van der Waals surface area contributed by atoms with Crippen molar-refractivity contribution in [1.82, 2.24) is 0 Å². The third-order valence-electron chi connectivity index (χ3n) is 4.16. The predicted octanol–water partition coefficient (Wildman–Crippen LogP) is 4.99. The van der Waals surface area contributed by atoms with Gasteiger partial charge in [0.1, 0.15) is 6.10 Å². The summed E-state index contributed by atoms with van der Waals surface area (Å²) in [7, 11) is 0. The molecule has 3 rings (SSSR count). The predicted molar refractivity (Wildman–Crippen MR) is 97.5 cm³/mol. The van der Waals surface area contributed by atoms with Crippen LogP contribution in [0.5, 0.6) is 0 Å². The normalized spacial score (nSPS) is 13.4. The summed E-state index contributed by atoms with van der Waals surface area (Å²) in [6.07, 6.45) is -0.911. The maximum atomic E-state index is 10.5. The summed E-state index contributed by atoms with van der Waals surface area (Å²) < 4.78 is 5.81. The Morgan fingerprint density at radius 2 is 1.29 bits per heavy atom. The van der Waals surface area contributed by atoms with Gasteiger partial charge in [-0.2, -0.15) is 0 Å². The Bertz CT molecular complexity index is 736. The highest BCUT2D eigenvalue weighted by atomic mass is 16.5. The van der Waals surface area contributed by atoms with Gasteiger partial charge < -0.3 is 9.84 Å². The SMILES string of the molecule is C[C@H](OCc1ccccc1)[C@H](O)c1ccc(-c2ccccc2)cc1. The second-order valence-corrected chi connectivity index (χ2v) is 5.93. The summed E-state index contributed by atoms with van der Waals surface area (Å²) in [5, 5.41) is 10.5. The van der Waals surface area contributed by atoms with E-state index >= 15 is 0 Å². The molecule has 0 aliphatic heterocycles. The lowest BCUT2D eigenvalue weighted by Crippen LogP contribution is -2.18. The summed E-state index contributed by atoms with van der Waals surface area (Å²) in [6, 6.07) is 28.2. The number of benzene rings is 3. The molecule has 0 radical (unpaired) electrons. The molecular weight excluding hydrogens is 296 g/mol. The maximum Gasteiger partial charge on any atom is 0.105 e. The molecule has 0 spiro atoms. The number of aliphatic hydroxyl groups is 1. The fourth-order valence-electron chi connectivity index (χ4n) is 2.67. The Morgan fingerprint density at radius 1 is 0.750 bits per heavy atom. The van der Waals surface area contributed by atoms with Crippen molar-refractivity contribution in [3.63, 3.8) is 0 Å². The van der Waals surface area contributed by atoms with Gasteiger partial charge in [0.05, 0.1) is 12.7 Å². The standard InChI is InChI=1S/C22H22O2/c1-17(24-16-18-8-4-2-5-9-18)22(23)21-14-12-20(13-15-21)19-10-6-3-7-11-19/h2-15,17,22-23H,16H2,1H3/t17-,22-/m0/s1. The lowest BCUT2D eigenvalue weighted by molar-refractivity contribution is -0.0364. The molecule has 0 unspecified atom stereocenters. The zero-order valence-corrected chi connectivity index (χ0v) is 13.8. The van der Waals surface area contributed by atoms with Crippen molar-refractivity contribution in [2.75, 3.05) is 0 Å². The van der Waals surface area contributed by atoms with Crippen LogP contribution in [0.4, 0.5) is 0 Å². The number of rotatable bonds is 6. The monoisotopic (exact) mass is 318 g/mol. The summed E-state index contributed by atoms with van der Waals surface area (Å²) in [6.45, 7) is 2.40. The molecule has 24 heavy (non-hydrogen) atoms. The molecule has 3 aromatic carbocycles. The first-order valence-electron chi connectivity index (χ1n) is 8.23.